The van der Waals surface area contributed by atoms with E-state index in [4.69, 9.17) is 0 Å². The van der Waals surface area contributed by atoms with Gasteiger partial charge in [-0.15, -0.1) is 0 Å². The van der Waals surface area contributed by atoms with Gasteiger partial charge in [-0.05, 0) is 29.8 Å². The van der Waals surface area contributed by atoms with E-state index in [1.165, 1.54) is 26.2 Å². The molecule has 1 N–H and O–H groups in total. The molecule has 3 aromatic rings. The van der Waals surface area contributed by atoms with Crippen molar-refractivity contribution in [3.63, 3.8) is 0 Å². The van der Waals surface area contributed by atoms with E-state index in [-0.39, 0.29) is 12.4 Å². The zero-order chi connectivity index (χ0) is 18.0. The van der Waals surface area contributed by atoms with Gasteiger partial charge >= 0.3 is 0 Å². The zero-order valence-electron chi connectivity index (χ0n) is 13.8. The Hall–Kier alpha value is -2.36. The van der Waals surface area contributed by atoms with Crippen molar-refractivity contribution in [2.75, 3.05) is 14.1 Å². The fourth-order valence-electron chi connectivity index (χ4n) is 2.36. The van der Waals surface area contributed by atoms with E-state index in [0.29, 0.717) is 23.5 Å². The molecule has 0 spiro atoms. The third-order valence-electron chi connectivity index (χ3n) is 3.73. The van der Waals surface area contributed by atoms with Crippen molar-refractivity contribution in [2.45, 2.75) is 13.1 Å². The Morgan fingerprint density at radius 3 is 2.60 bits per heavy atom. The van der Waals surface area contributed by atoms with E-state index in [2.05, 4.69) is 14.7 Å². The summed E-state index contributed by atoms with van der Waals surface area (Å²) in [7, 11) is -0.669. The molecule has 0 aliphatic rings. The van der Waals surface area contributed by atoms with E-state index >= 15 is 0 Å². The second kappa shape index (κ2) is 6.87. The summed E-state index contributed by atoms with van der Waals surface area (Å²) in [6.07, 6.45) is 1.65. The maximum Gasteiger partial charge on any atom is 0.279 e. The summed E-state index contributed by atoms with van der Waals surface area (Å²) in [4.78, 5) is 8.80. The number of fused-ring (bicyclic) bond motifs is 1. The van der Waals surface area contributed by atoms with Gasteiger partial charge in [-0.2, -0.15) is 17.4 Å². The molecule has 2 aromatic heterocycles. The molecule has 9 heteroatoms. The predicted octanol–water partition coefficient (Wildman–Crippen LogP) is 1.51. The molecule has 0 saturated carbocycles. The van der Waals surface area contributed by atoms with Crippen LogP contribution in [0.3, 0.4) is 0 Å². The highest BCUT2D eigenvalue weighted by Gasteiger charge is 2.17. The van der Waals surface area contributed by atoms with Crippen LogP contribution in [0.5, 0.6) is 0 Å². The lowest BCUT2D eigenvalue weighted by Crippen LogP contribution is -2.35. The topological polar surface area (TPSA) is 80.1 Å². The van der Waals surface area contributed by atoms with Gasteiger partial charge in [0.2, 0.25) is 0 Å². The lowest BCUT2D eigenvalue weighted by atomic mass is 10.2. The van der Waals surface area contributed by atoms with Crippen LogP contribution in [0.4, 0.5) is 4.39 Å². The van der Waals surface area contributed by atoms with Gasteiger partial charge in [-0.25, -0.2) is 14.4 Å². The standard InChI is InChI=1S/C16H18FN5O2S/c1-21(2)25(23,24)19-10-15-20-14-4-3-9-18-16(14)22(15)11-12-5-7-13(17)8-6-12/h3-9,19H,10-11H2,1-2H3. The number of pyridine rings is 1. The minimum absolute atomic E-state index is 0.0259. The molecule has 0 radical (unpaired) electrons. The number of benzene rings is 1. The Morgan fingerprint density at radius 1 is 1.20 bits per heavy atom. The monoisotopic (exact) mass is 363 g/mol. The van der Waals surface area contributed by atoms with Crippen LogP contribution in [-0.2, 0) is 23.3 Å². The van der Waals surface area contributed by atoms with Crippen molar-refractivity contribution in [1.29, 1.82) is 0 Å². The van der Waals surface area contributed by atoms with Crippen LogP contribution in [0.25, 0.3) is 11.2 Å². The Balaban J connectivity index is 1.96. The van der Waals surface area contributed by atoms with Crippen LogP contribution >= 0.6 is 0 Å². The zero-order valence-corrected chi connectivity index (χ0v) is 14.7. The first-order valence-electron chi connectivity index (χ1n) is 7.58. The molecule has 0 aliphatic heterocycles. The van der Waals surface area contributed by atoms with Crippen molar-refractivity contribution in [3.05, 3.63) is 59.8 Å². The molecule has 0 unspecified atom stereocenters. The molecule has 0 atom stereocenters. The molecule has 3 rings (SSSR count). The summed E-state index contributed by atoms with van der Waals surface area (Å²) in [6.45, 7) is 0.435. The molecule has 25 heavy (non-hydrogen) atoms. The average Bonchev–Trinajstić information content (AvgIpc) is 2.93. The predicted molar refractivity (Wildman–Crippen MR) is 92.5 cm³/mol. The maximum absolute atomic E-state index is 13.1. The molecule has 0 saturated heterocycles. The number of rotatable bonds is 6. The fraction of sp³-hybridized carbons (Fsp3) is 0.250. The largest absolute Gasteiger partial charge is 0.307 e. The number of nitrogens with one attached hydrogen (secondary N) is 1. The highest BCUT2D eigenvalue weighted by Crippen LogP contribution is 2.16. The minimum atomic E-state index is -3.57. The summed E-state index contributed by atoms with van der Waals surface area (Å²) in [5.41, 5.74) is 2.18. The number of halogens is 1. The minimum Gasteiger partial charge on any atom is -0.307 e. The van der Waals surface area contributed by atoms with Gasteiger partial charge in [0.25, 0.3) is 10.2 Å². The molecule has 2 heterocycles. The van der Waals surface area contributed by atoms with Crippen LogP contribution in [0.2, 0.25) is 0 Å². The summed E-state index contributed by atoms with van der Waals surface area (Å²) >= 11 is 0. The van der Waals surface area contributed by atoms with Gasteiger partial charge in [0.15, 0.2) is 5.65 Å². The summed E-state index contributed by atoms with van der Waals surface area (Å²) in [5.74, 6) is 0.222. The van der Waals surface area contributed by atoms with Crippen molar-refractivity contribution in [1.82, 2.24) is 23.6 Å². The number of nitrogens with zero attached hydrogens (tertiary/aromatic N) is 4. The van der Waals surface area contributed by atoms with Gasteiger partial charge in [-0.3, -0.25) is 0 Å². The van der Waals surface area contributed by atoms with Crippen LogP contribution in [0.1, 0.15) is 11.4 Å². The highest BCUT2D eigenvalue weighted by molar-refractivity contribution is 7.87. The summed E-state index contributed by atoms with van der Waals surface area (Å²) < 4.78 is 42.4. The maximum atomic E-state index is 13.1. The second-order valence-corrected chi connectivity index (χ2v) is 7.66. The van der Waals surface area contributed by atoms with E-state index in [1.54, 1.807) is 24.4 Å². The van der Waals surface area contributed by atoms with Crippen LogP contribution in [0.15, 0.2) is 42.6 Å². The third kappa shape index (κ3) is 3.84. The van der Waals surface area contributed by atoms with Gasteiger partial charge in [0, 0.05) is 20.3 Å². The van der Waals surface area contributed by atoms with Crippen molar-refractivity contribution < 1.29 is 12.8 Å². The molecule has 0 bridgehead atoms. The smallest absolute Gasteiger partial charge is 0.279 e. The van der Waals surface area contributed by atoms with Crippen LogP contribution < -0.4 is 4.72 Å². The molecule has 0 amide bonds. The Bertz CT molecular complexity index is 983. The lowest BCUT2D eigenvalue weighted by Gasteiger charge is -2.13. The first kappa shape index (κ1) is 17.5. The average molecular weight is 363 g/mol. The normalized spacial score (nSPS) is 12.2. The first-order chi connectivity index (χ1) is 11.9. The number of imidazole rings is 1. The Kier molecular flexibility index (Phi) is 4.80. The molecule has 7 nitrogen and oxygen atoms in total. The third-order valence-corrected chi connectivity index (χ3v) is 5.20. The first-order valence-corrected chi connectivity index (χ1v) is 9.02. The van der Waals surface area contributed by atoms with Crippen molar-refractivity contribution >= 4 is 21.4 Å². The number of aromatic nitrogens is 3. The van der Waals surface area contributed by atoms with Crippen LogP contribution in [0, 0.1) is 5.82 Å². The van der Waals surface area contributed by atoms with Crippen molar-refractivity contribution in [3.8, 4) is 0 Å². The summed E-state index contributed by atoms with van der Waals surface area (Å²) in [5, 5.41) is 0. The molecule has 0 fully saturated rings. The number of hydrogen-bond donors (Lipinski definition) is 1. The van der Waals surface area contributed by atoms with Gasteiger partial charge in [-0.1, -0.05) is 12.1 Å². The molecular formula is C16H18FN5O2S. The fourth-order valence-corrected chi connectivity index (χ4v) is 2.93. The molecule has 0 aliphatic carbocycles. The molecule has 1 aromatic carbocycles. The van der Waals surface area contributed by atoms with Crippen molar-refractivity contribution in [2.24, 2.45) is 0 Å². The summed E-state index contributed by atoms with van der Waals surface area (Å²) in [6, 6.07) is 9.71. The Morgan fingerprint density at radius 2 is 1.92 bits per heavy atom. The molecular weight excluding hydrogens is 345 g/mol. The van der Waals surface area contributed by atoms with Gasteiger partial charge < -0.3 is 4.57 Å². The highest BCUT2D eigenvalue weighted by atomic mass is 32.2. The number of hydrogen-bond acceptors (Lipinski definition) is 4. The van der Waals surface area contributed by atoms with E-state index in [1.807, 2.05) is 10.6 Å². The van der Waals surface area contributed by atoms with Gasteiger partial charge in [0.1, 0.15) is 17.2 Å². The van der Waals surface area contributed by atoms with Gasteiger partial charge in [0.05, 0.1) is 13.1 Å². The quantitative estimate of drug-likeness (QED) is 0.720. The van der Waals surface area contributed by atoms with Crippen LogP contribution in [-0.4, -0.2) is 41.4 Å². The molecule has 132 valence electrons. The lowest BCUT2D eigenvalue weighted by molar-refractivity contribution is 0.502. The SMILES string of the molecule is CN(C)S(=O)(=O)NCc1nc2cccnc2n1Cc1ccc(F)cc1. The van der Waals surface area contributed by atoms with E-state index in [0.717, 1.165) is 9.87 Å². The second-order valence-electron chi connectivity index (χ2n) is 5.70. The Labute approximate surface area is 145 Å². The van der Waals surface area contributed by atoms with E-state index < -0.39 is 10.2 Å². The van der Waals surface area contributed by atoms with E-state index in [9.17, 15) is 12.8 Å².